The second kappa shape index (κ2) is 10.2. The topological polar surface area (TPSA) is 128 Å². The maximum absolute atomic E-state index is 8.88. The molecule has 0 aliphatic rings. The van der Waals surface area contributed by atoms with Crippen LogP contribution in [0.1, 0.15) is 11.5 Å². The van der Waals surface area contributed by atoms with Crippen molar-refractivity contribution >= 4 is 34.1 Å². The quantitative estimate of drug-likeness (QED) is 0.133. The van der Waals surface area contributed by atoms with Crippen LogP contribution in [-0.4, -0.2) is 0 Å². The number of allylic oxidation sites excluding steroid dienone is 6. The van der Waals surface area contributed by atoms with Crippen LogP contribution in [0.5, 0.6) is 0 Å². The SMILES string of the molecule is [C-]#[N+]/C(C#N)=C/C=C/c1ccc(-c2c3ccoc3c(-c3ccc(/C=C/C=C(C#N)C#N)o3)c3ccoc23)o1. The third kappa shape index (κ3) is 4.30. The lowest BCUT2D eigenvalue weighted by atomic mass is 9.98. The minimum Gasteiger partial charge on any atom is -0.464 e. The van der Waals surface area contributed by atoms with Crippen molar-refractivity contribution in [1.29, 1.82) is 15.8 Å². The maximum atomic E-state index is 8.88. The van der Waals surface area contributed by atoms with Gasteiger partial charge < -0.3 is 17.7 Å². The molecule has 0 radical (unpaired) electrons. The minimum atomic E-state index is -0.0249. The van der Waals surface area contributed by atoms with Gasteiger partial charge in [0.1, 0.15) is 51.9 Å². The molecule has 0 bridgehead atoms. The van der Waals surface area contributed by atoms with Crippen LogP contribution in [0.2, 0.25) is 0 Å². The van der Waals surface area contributed by atoms with Gasteiger partial charge in [0, 0.05) is 10.8 Å². The van der Waals surface area contributed by atoms with Gasteiger partial charge in [0.05, 0.1) is 36.3 Å². The van der Waals surface area contributed by atoms with Crippen molar-refractivity contribution in [2.75, 3.05) is 0 Å². The Morgan fingerprint density at radius 1 is 0.711 bits per heavy atom. The van der Waals surface area contributed by atoms with E-state index in [1.807, 2.05) is 30.3 Å². The van der Waals surface area contributed by atoms with Crippen molar-refractivity contribution < 1.29 is 17.7 Å². The maximum Gasteiger partial charge on any atom is 0.261 e. The zero-order chi connectivity index (χ0) is 26.5. The van der Waals surface area contributed by atoms with E-state index >= 15 is 0 Å². The number of fused-ring (bicyclic) bond motifs is 2. The Morgan fingerprint density at radius 2 is 1.24 bits per heavy atom. The summed E-state index contributed by atoms with van der Waals surface area (Å²) in [5.74, 6) is 2.17. The summed E-state index contributed by atoms with van der Waals surface area (Å²) in [5, 5.41) is 28.1. The summed E-state index contributed by atoms with van der Waals surface area (Å²) in [6, 6.07) is 16.2. The molecule has 5 rings (SSSR count). The van der Waals surface area contributed by atoms with Crippen molar-refractivity contribution in [3.8, 4) is 40.9 Å². The Hall–Kier alpha value is -6.22. The molecule has 0 N–H and O–H groups in total. The minimum absolute atomic E-state index is 0.00986. The number of nitriles is 3. The van der Waals surface area contributed by atoms with Crippen LogP contribution < -0.4 is 0 Å². The summed E-state index contributed by atoms with van der Waals surface area (Å²) in [6.07, 6.45) is 12.5. The normalized spacial score (nSPS) is 11.5. The molecular weight excluding hydrogens is 480 g/mol. The van der Waals surface area contributed by atoms with E-state index in [0.717, 1.165) is 10.8 Å². The number of nitrogens with zero attached hydrogens (tertiary/aromatic N) is 4. The Bertz CT molecular complexity index is 1750. The molecule has 0 unspecified atom stereocenters. The molecule has 5 aromatic rings. The molecule has 0 amide bonds. The van der Waals surface area contributed by atoms with Gasteiger partial charge in [-0.1, -0.05) is 12.2 Å². The standard InChI is InChI=1S/C30H14N4O4/c1-34-20(18-33)5-3-7-22-9-11-26(38-22)28-24-13-15-35-29(24)27(23-12-14-36-30(23)28)25-10-8-21(37-25)6-2-4-19(16-31)17-32/h2-15H/b6-2+,7-3+,20-5+. The van der Waals surface area contributed by atoms with Crippen molar-refractivity contribution in [2.24, 2.45) is 0 Å². The summed E-state index contributed by atoms with van der Waals surface area (Å²) < 4.78 is 23.9. The monoisotopic (exact) mass is 494 g/mol. The van der Waals surface area contributed by atoms with E-state index in [9.17, 15) is 0 Å². The number of rotatable bonds is 6. The van der Waals surface area contributed by atoms with Gasteiger partial charge in [-0.25, -0.2) is 10.1 Å². The molecule has 178 valence electrons. The Labute approximate surface area is 215 Å². The van der Waals surface area contributed by atoms with Crippen LogP contribution in [0.3, 0.4) is 0 Å². The van der Waals surface area contributed by atoms with Gasteiger partial charge in [0.2, 0.25) is 0 Å². The highest BCUT2D eigenvalue weighted by Gasteiger charge is 2.24. The van der Waals surface area contributed by atoms with Crippen molar-refractivity contribution in [2.45, 2.75) is 0 Å². The van der Waals surface area contributed by atoms with E-state index in [2.05, 4.69) is 4.85 Å². The van der Waals surface area contributed by atoms with Gasteiger partial charge in [0.25, 0.3) is 5.70 Å². The smallest absolute Gasteiger partial charge is 0.261 e. The lowest BCUT2D eigenvalue weighted by Crippen LogP contribution is -1.84. The van der Waals surface area contributed by atoms with Gasteiger partial charge in [-0.3, -0.25) is 0 Å². The average Bonchev–Trinajstić information content (AvgIpc) is 3.75. The Balaban J connectivity index is 1.57. The molecule has 0 spiro atoms. The molecule has 38 heavy (non-hydrogen) atoms. The largest absolute Gasteiger partial charge is 0.464 e. The van der Waals surface area contributed by atoms with E-state index in [4.69, 9.17) is 40.0 Å². The lowest BCUT2D eigenvalue weighted by Gasteiger charge is -2.06. The van der Waals surface area contributed by atoms with Crippen molar-refractivity contribution in [3.63, 3.8) is 0 Å². The lowest BCUT2D eigenvalue weighted by molar-refractivity contribution is 0.566. The van der Waals surface area contributed by atoms with E-state index < -0.39 is 0 Å². The molecule has 4 heterocycles. The summed E-state index contributed by atoms with van der Waals surface area (Å²) in [7, 11) is 0. The molecular formula is C30H14N4O4. The van der Waals surface area contributed by atoms with Crippen LogP contribution >= 0.6 is 0 Å². The average molecular weight is 494 g/mol. The molecule has 0 aliphatic heterocycles. The molecule has 0 aliphatic carbocycles. The number of hydrogen-bond acceptors (Lipinski definition) is 7. The van der Waals surface area contributed by atoms with E-state index in [-0.39, 0.29) is 11.3 Å². The fourth-order valence-corrected chi connectivity index (χ4v) is 3.96. The molecule has 0 saturated heterocycles. The summed E-state index contributed by atoms with van der Waals surface area (Å²) in [4.78, 5) is 3.12. The molecule has 0 fully saturated rings. The second-order valence-electron chi connectivity index (χ2n) is 7.78. The van der Waals surface area contributed by atoms with E-state index in [1.165, 1.54) is 12.2 Å². The summed E-state index contributed by atoms with van der Waals surface area (Å²) in [5.41, 5.74) is 2.56. The zero-order valence-corrected chi connectivity index (χ0v) is 19.5. The van der Waals surface area contributed by atoms with Crippen LogP contribution in [0.25, 0.3) is 61.6 Å². The number of furan rings is 4. The van der Waals surface area contributed by atoms with Crippen molar-refractivity contribution in [1.82, 2.24) is 0 Å². The Kier molecular flexibility index (Phi) is 6.30. The van der Waals surface area contributed by atoms with Gasteiger partial charge >= 0.3 is 0 Å². The zero-order valence-electron chi connectivity index (χ0n) is 19.5. The van der Waals surface area contributed by atoms with E-state index in [1.54, 1.807) is 61.1 Å². The summed E-state index contributed by atoms with van der Waals surface area (Å²) >= 11 is 0. The van der Waals surface area contributed by atoms with Gasteiger partial charge in [0.15, 0.2) is 0 Å². The molecule has 1 aromatic carbocycles. The first-order chi connectivity index (χ1) is 18.7. The van der Waals surface area contributed by atoms with Gasteiger partial charge in [-0.15, -0.1) is 0 Å². The molecule has 8 heteroatoms. The third-order valence-corrected chi connectivity index (χ3v) is 5.58. The molecule has 0 saturated carbocycles. The first kappa shape index (κ1) is 23.5. The second-order valence-corrected chi connectivity index (χ2v) is 7.78. The third-order valence-electron chi connectivity index (χ3n) is 5.58. The van der Waals surface area contributed by atoms with Gasteiger partial charge in [-0.05, 0) is 60.7 Å². The summed E-state index contributed by atoms with van der Waals surface area (Å²) in [6.45, 7) is 6.95. The van der Waals surface area contributed by atoms with Crippen LogP contribution in [0.15, 0.2) is 102 Å². The molecule has 8 nitrogen and oxygen atoms in total. The first-order valence-electron chi connectivity index (χ1n) is 11.1. The fraction of sp³-hybridized carbons (Fsp3) is 0. The highest BCUT2D eigenvalue weighted by Crippen LogP contribution is 2.45. The predicted octanol–water partition coefficient (Wildman–Crippen LogP) is 8.03. The van der Waals surface area contributed by atoms with E-state index in [0.29, 0.717) is 45.3 Å². The first-order valence-corrected chi connectivity index (χ1v) is 11.1. The highest BCUT2D eigenvalue weighted by molar-refractivity contribution is 6.17. The van der Waals surface area contributed by atoms with Crippen LogP contribution in [0, 0.1) is 40.6 Å². The number of benzene rings is 1. The molecule has 0 atom stereocenters. The molecule has 4 aromatic heterocycles. The van der Waals surface area contributed by atoms with Gasteiger partial charge in [-0.2, -0.15) is 10.5 Å². The Morgan fingerprint density at radius 3 is 1.71 bits per heavy atom. The van der Waals surface area contributed by atoms with Crippen LogP contribution in [-0.2, 0) is 0 Å². The number of hydrogen-bond donors (Lipinski definition) is 0. The highest BCUT2D eigenvalue weighted by atomic mass is 16.4. The van der Waals surface area contributed by atoms with Crippen molar-refractivity contribution in [3.05, 3.63) is 107 Å². The van der Waals surface area contributed by atoms with Crippen LogP contribution in [0.4, 0.5) is 0 Å². The fourth-order valence-electron chi connectivity index (χ4n) is 3.96. The predicted molar refractivity (Wildman–Crippen MR) is 139 cm³/mol.